The first-order chi connectivity index (χ1) is 7.66. The lowest BCUT2D eigenvalue weighted by molar-refractivity contribution is -0.677. The number of benzene rings is 1. The van der Waals surface area contributed by atoms with Crippen molar-refractivity contribution < 1.29 is 10.1 Å². The molecule has 88 valence electrons. The van der Waals surface area contributed by atoms with Crippen LogP contribution in [0.4, 0.5) is 0 Å². The minimum atomic E-state index is 0.324. The Balaban J connectivity index is 2.14. The topological polar surface area (TPSA) is 25.8 Å². The van der Waals surface area contributed by atoms with Gasteiger partial charge in [-0.15, -0.1) is 0 Å². The van der Waals surface area contributed by atoms with Gasteiger partial charge in [-0.2, -0.15) is 0 Å². The van der Waals surface area contributed by atoms with Crippen molar-refractivity contribution in [1.82, 2.24) is 0 Å². The molecule has 0 spiro atoms. The molecule has 0 saturated carbocycles. The van der Waals surface area contributed by atoms with E-state index in [1.54, 1.807) is 0 Å². The number of morpholine rings is 1. The lowest BCUT2D eigenvalue weighted by atomic mass is 10.0. The van der Waals surface area contributed by atoms with Crippen LogP contribution in [0.3, 0.4) is 0 Å². The number of hydrogen-bond acceptors (Lipinski definition) is 1. The van der Waals surface area contributed by atoms with Gasteiger partial charge >= 0.3 is 0 Å². The predicted molar refractivity (Wildman–Crippen MR) is 69.0 cm³/mol. The van der Waals surface area contributed by atoms with E-state index in [0.29, 0.717) is 6.10 Å². The summed E-state index contributed by atoms with van der Waals surface area (Å²) in [5.41, 5.74) is 2.54. The average molecular weight is 306 g/mol. The van der Waals surface area contributed by atoms with E-state index in [9.17, 15) is 0 Å². The van der Waals surface area contributed by atoms with Crippen LogP contribution in [-0.2, 0) is 11.2 Å². The lowest BCUT2D eigenvalue weighted by Crippen LogP contribution is -2.89. The van der Waals surface area contributed by atoms with Gasteiger partial charge in [-0.3, -0.25) is 0 Å². The number of hydrogen-bond donors (Lipinski definition) is 1. The number of halogens is 2. The number of aryl methyl sites for hydroxylation is 1. The van der Waals surface area contributed by atoms with Gasteiger partial charge in [0.2, 0.25) is 0 Å². The average Bonchev–Trinajstić information content (AvgIpc) is 2.25. The fourth-order valence-corrected chi connectivity index (χ4v) is 3.18. The summed E-state index contributed by atoms with van der Waals surface area (Å²) in [4.78, 5) is 0. The fraction of sp³-hybridized carbons (Fsp3) is 0.500. The van der Waals surface area contributed by atoms with E-state index in [1.165, 1.54) is 11.1 Å². The van der Waals surface area contributed by atoms with Gasteiger partial charge in [-0.1, -0.05) is 27.5 Å². The van der Waals surface area contributed by atoms with Crippen LogP contribution in [-0.4, -0.2) is 25.8 Å². The summed E-state index contributed by atoms with van der Waals surface area (Å²) >= 11 is 9.57. The van der Waals surface area contributed by atoms with Crippen molar-refractivity contribution in [3.63, 3.8) is 0 Å². The largest absolute Gasteiger partial charge is 0.366 e. The molecule has 1 fully saturated rings. The summed E-state index contributed by atoms with van der Waals surface area (Å²) < 4.78 is 6.83. The molecule has 2 nitrogen and oxygen atoms in total. The Hall–Kier alpha value is -0.0900. The van der Waals surface area contributed by atoms with Crippen molar-refractivity contribution in [1.29, 1.82) is 0 Å². The van der Waals surface area contributed by atoms with Crippen LogP contribution in [0.5, 0.6) is 0 Å². The monoisotopic (exact) mass is 304 g/mol. The minimum absolute atomic E-state index is 0.324. The first-order valence-corrected chi connectivity index (χ1v) is 6.71. The zero-order chi connectivity index (χ0) is 11.5. The van der Waals surface area contributed by atoms with Crippen molar-refractivity contribution in [2.24, 2.45) is 0 Å². The molecule has 0 bridgehead atoms. The second-order valence-electron chi connectivity index (χ2n) is 4.19. The first-order valence-electron chi connectivity index (χ1n) is 5.54. The maximum absolute atomic E-state index is 6.00. The molecule has 1 atom stereocenters. The molecule has 1 aromatic rings. The van der Waals surface area contributed by atoms with Gasteiger partial charge in [0, 0.05) is 15.9 Å². The molecule has 16 heavy (non-hydrogen) atoms. The zero-order valence-electron chi connectivity index (χ0n) is 9.30. The number of nitrogens with two attached hydrogens (primary N) is 1. The molecule has 1 aliphatic rings. The van der Waals surface area contributed by atoms with Crippen LogP contribution in [0.2, 0.25) is 5.02 Å². The summed E-state index contributed by atoms with van der Waals surface area (Å²) in [6.07, 6.45) is 1.28. The molecule has 0 radical (unpaired) electrons. The third kappa shape index (κ3) is 2.98. The molecule has 1 saturated heterocycles. The quantitative estimate of drug-likeness (QED) is 0.887. The summed E-state index contributed by atoms with van der Waals surface area (Å²) in [6.45, 7) is 5.08. The van der Waals surface area contributed by atoms with Crippen molar-refractivity contribution >= 4 is 27.5 Å². The molecule has 1 aliphatic heterocycles. The van der Waals surface area contributed by atoms with Crippen LogP contribution < -0.4 is 5.32 Å². The van der Waals surface area contributed by atoms with Crippen LogP contribution in [0.1, 0.15) is 11.1 Å². The van der Waals surface area contributed by atoms with Crippen LogP contribution >= 0.6 is 27.5 Å². The molecular weight excluding hydrogens is 289 g/mol. The van der Waals surface area contributed by atoms with E-state index in [4.69, 9.17) is 16.3 Å². The van der Waals surface area contributed by atoms with Crippen LogP contribution in [0.25, 0.3) is 0 Å². The van der Waals surface area contributed by atoms with Crippen LogP contribution in [0.15, 0.2) is 16.6 Å². The van der Waals surface area contributed by atoms with Crippen molar-refractivity contribution in [3.8, 4) is 0 Å². The third-order valence-electron chi connectivity index (χ3n) is 2.92. The Morgan fingerprint density at radius 2 is 2.38 bits per heavy atom. The van der Waals surface area contributed by atoms with E-state index < -0.39 is 0 Å². The number of ether oxygens (including phenoxy) is 1. The third-order valence-corrected chi connectivity index (χ3v) is 3.85. The van der Waals surface area contributed by atoms with Gasteiger partial charge in [0.25, 0.3) is 0 Å². The predicted octanol–water partition coefficient (Wildman–Crippen LogP) is 1.92. The van der Waals surface area contributed by atoms with Crippen molar-refractivity contribution in [3.05, 3.63) is 32.8 Å². The highest BCUT2D eigenvalue weighted by Crippen LogP contribution is 2.26. The lowest BCUT2D eigenvalue weighted by Gasteiger charge is -2.22. The van der Waals surface area contributed by atoms with Gasteiger partial charge in [-0.25, -0.2) is 0 Å². The molecule has 1 aromatic carbocycles. The molecule has 0 aromatic heterocycles. The van der Waals surface area contributed by atoms with E-state index in [-0.39, 0.29) is 0 Å². The molecule has 0 aliphatic carbocycles. The van der Waals surface area contributed by atoms with Gasteiger partial charge in [0.15, 0.2) is 0 Å². The van der Waals surface area contributed by atoms with E-state index in [0.717, 1.165) is 35.6 Å². The maximum Gasteiger partial charge on any atom is 0.111 e. The summed E-state index contributed by atoms with van der Waals surface area (Å²) in [7, 11) is 0. The Morgan fingerprint density at radius 3 is 3.00 bits per heavy atom. The fourth-order valence-electron chi connectivity index (χ4n) is 2.05. The van der Waals surface area contributed by atoms with Gasteiger partial charge < -0.3 is 10.1 Å². The second kappa shape index (κ2) is 5.50. The zero-order valence-corrected chi connectivity index (χ0v) is 11.6. The molecule has 0 unspecified atom stereocenters. The van der Waals surface area contributed by atoms with E-state index in [2.05, 4.69) is 28.2 Å². The number of rotatable bonds is 2. The molecule has 0 amide bonds. The van der Waals surface area contributed by atoms with E-state index in [1.807, 2.05) is 12.1 Å². The van der Waals surface area contributed by atoms with E-state index >= 15 is 0 Å². The first kappa shape index (κ1) is 12.4. The minimum Gasteiger partial charge on any atom is -0.366 e. The highest BCUT2D eigenvalue weighted by molar-refractivity contribution is 9.10. The normalized spacial score (nSPS) is 21.1. The Labute approximate surface area is 109 Å². The number of quaternary nitrogens is 1. The highest BCUT2D eigenvalue weighted by Gasteiger charge is 2.19. The van der Waals surface area contributed by atoms with Gasteiger partial charge in [0.05, 0.1) is 13.2 Å². The Bertz CT molecular complexity index is 354. The molecule has 1 heterocycles. The van der Waals surface area contributed by atoms with Gasteiger partial charge in [-0.05, 0) is 30.2 Å². The SMILES string of the molecule is Cc1cc(Cl)cc(Br)c1C[C@@H]1C[NH2+]CCO1. The molecule has 2 N–H and O–H groups in total. The Morgan fingerprint density at radius 1 is 1.56 bits per heavy atom. The summed E-state index contributed by atoms with van der Waals surface area (Å²) in [5.74, 6) is 0. The molecular formula is C12H16BrClNO+. The molecule has 2 rings (SSSR count). The second-order valence-corrected chi connectivity index (χ2v) is 5.48. The standard InChI is InChI=1S/C12H15BrClNO/c1-8-4-9(14)5-12(13)11(8)6-10-7-15-2-3-16-10/h4-5,10,15H,2-3,6-7H2,1H3/p+1/t10-/m1/s1. The summed E-state index contributed by atoms with van der Waals surface area (Å²) in [6, 6.07) is 3.96. The summed E-state index contributed by atoms with van der Waals surface area (Å²) in [5, 5.41) is 3.09. The van der Waals surface area contributed by atoms with Crippen LogP contribution in [0, 0.1) is 6.92 Å². The Kier molecular flexibility index (Phi) is 4.25. The molecule has 4 heteroatoms. The maximum atomic E-state index is 6.00. The van der Waals surface area contributed by atoms with Crippen molar-refractivity contribution in [2.45, 2.75) is 19.4 Å². The smallest absolute Gasteiger partial charge is 0.111 e. The van der Waals surface area contributed by atoms with Gasteiger partial charge in [0.1, 0.15) is 12.6 Å². The highest BCUT2D eigenvalue weighted by atomic mass is 79.9. The van der Waals surface area contributed by atoms with Crippen molar-refractivity contribution in [2.75, 3.05) is 19.7 Å².